The maximum atomic E-state index is 13.0. The minimum atomic E-state index is -0.326. The molecule has 5 heteroatoms. The van der Waals surface area contributed by atoms with Gasteiger partial charge in [-0.2, -0.15) is 0 Å². The lowest BCUT2D eigenvalue weighted by Crippen LogP contribution is -2.48. The summed E-state index contributed by atoms with van der Waals surface area (Å²) >= 11 is 0. The molecule has 1 aliphatic heterocycles. The number of ether oxygens (including phenoxy) is 1. The number of phenols is 1. The Labute approximate surface area is 193 Å². The van der Waals surface area contributed by atoms with Crippen LogP contribution in [0.5, 0.6) is 11.5 Å². The molecular weight excluding hydrogens is 400 g/mol. The summed E-state index contributed by atoms with van der Waals surface area (Å²) in [7, 11) is 2.06. The maximum Gasteiger partial charge on any atom is 0.415 e. The smallest absolute Gasteiger partial charge is 0.415 e. The van der Waals surface area contributed by atoms with Gasteiger partial charge in [-0.15, -0.1) is 0 Å². The number of nitrogens with zero attached hydrogens (tertiary/aromatic N) is 2. The van der Waals surface area contributed by atoms with E-state index in [4.69, 9.17) is 4.74 Å². The molecule has 1 amide bonds. The summed E-state index contributed by atoms with van der Waals surface area (Å²) in [4.78, 5) is 17.0. The molecule has 1 aliphatic carbocycles. The van der Waals surface area contributed by atoms with Crippen LogP contribution in [0, 0.1) is 5.92 Å². The van der Waals surface area contributed by atoms with Crippen LogP contribution in [0.2, 0.25) is 0 Å². The molecular formula is C27H40N2O3. The fraction of sp³-hybridized carbons (Fsp3) is 0.593. The lowest BCUT2D eigenvalue weighted by molar-refractivity contribution is 0.120. The molecule has 0 spiro atoms. The standard InChI is InChI=1S/C27H40N2O3/c1-6-7-8-9-21-17-24(30)26(23-16-20(4)10-11-22(23)19(2)3)25(18-21)32-27(31)29-14-12-28(5)13-15-29/h16-18,22-23,30H,2,6-15H2,1,3-5H3/t22-,23+/m0/s1. The van der Waals surface area contributed by atoms with Crippen molar-refractivity contribution < 1.29 is 14.6 Å². The third-order valence-corrected chi connectivity index (χ3v) is 6.92. The molecule has 2 atom stereocenters. The van der Waals surface area contributed by atoms with Crippen LogP contribution >= 0.6 is 0 Å². The molecule has 5 nitrogen and oxygen atoms in total. The van der Waals surface area contributed by atoms with Gasteiger partial charge in [0.05, 0.1) is 0 Å². The Hall–Kier alpha value is -2.27. The van der Waals surface area contributed by atoms with Crippen molar-refractivity contribution in [1.29, 1.82) is 0 Å². The molecule has 1 saturated heterocycles. The van der Waals surface area contributed by atoms with Gasteiger partial charge in [-0.3, -0.25) is 0 Å². The molecule has 3 rings (SSSR count). The van der Waals surface area contributed by atoms with Crippen molar-refractivity contribution in [3.05, 3.63) is 47.1 Å². The van der Waals surface area contributed by atoms with Crippen LogP contribution in [0.4, 0.5) is 4.79 Å². The predicted octanol–water partition coefficient (Wildman–Crippen LogP) is 5.89. The number of hydrogen-bond donors (Lipinski definition) is 1. The van der Waals surface area contributed by atoms with Gasteiger partial charge in [-0.25, -0.2) is 4.79 Å². The fourth-order valence-corrected chi connectivity index (χ4v) is 4.86. The number of allylic oxidation sites excluding steroid dienone is 3. The van der Waals surface area contributed by atoms with E-state index in [2.05, 4.69) is 45.4 Å². The van der Waals surface area contributed by atoms with Crippen molar-refractivity contribution in [1.82, 2.24) is 9.80 Å². The Morgan fingerprint density at radius 3 is 2.59 bits per heavy atom. The van der Waals surface area contributed by atoms with E-state index in [1.807, 2.05) is 12.1 Å². The predicted molar refractivity (Wildman–Crippen MR) is 130 cm³/mol. The molecule has 1 fully saturated rings. The Morgan fingerprint density at radius 1 is 1.22 bits per heavy atom. The molecule has 32 heavy (non-hydrogen) atoms. The number of piperazine rings is 1. The molecule has 2 aliphatic rings. The number of rotatable bonds is 7. The Kier molecular flexibility index (Phi) is 8.41. The zero-order valence-corrected chi connectivity index (χ0v) is 20.3. The monoisotopic (exact) mass is 440 g/mol. The number of benzene rings is 1. The first kappa shape index (κ1) is 24.4. The molecule has 1 heterocycles. The molecule has 176 valence electrons. The second kappa shape index (κ2) is 11.0. The van der Waals surface area contributed by atoms with Crippen LogP contribution in [0.3, 0.4) is 0 Å². The zero-order valence-electron chi connectivity index (χ0n) is 20.3. The fourth-order valence-electron chi connectivity index (χ4n) is 4.86. The van der Waals surface area contributed by atoms with E-state index < -0.39 is 0 Å². The van der Waals surface area contributed by atoms with E-state index in [-0.39, 0.29) is 23.7 Å². The maximum absolute atomic E-state index is 13.0. The highest BCUT2D eigenvalue weighted by Gasteiger charge is 2.32. The van der Waals surface area contributed by atoms with Gasteiger partial charge >= 0.3 is 6.09 Å². The van der Waals surface area contributed by atoms with E-state index in [9.17, 15) is 9.90 Å². The van der Waals surface area contributed by atoms with Crippen LogP contribution in [-0.2, 0) is 6.42 Å². The first-order valence-corrected chi connectivity index (χ1v) is 12.1. The van der Waals surface area contributed by atoms with Crippen LogP contribution in [0.25, 0.3) is 0 Å². The summed E-state index contributed by atoms with van der Waals surface area (Å²) in [5, 5.41) is 11.2. The second-order valence-corrected chi connectivity index (χ2v) is 9.67. The number of hydrogen-bond acceptors (Lipinski definition) is 4. The van der Waals surface area contributed by atoms with Crippen LogP contribution < -0.4 is 4.74 Å². The van der Waals surface area contributed by atoms with Gasteiger partial charge < -0.3 is 19.6 Å². The van der Waals surface area contributed by atoms with E-state index in [1.165, 1.54) is 5.57 Å². The number of phenolic OH excluding ortho intramolecular Hbond substituents is 1. The van der Waals surface area contributed by atoms with Gasteiger partial charge in [-0.05, 0) is 70.2 Å². The summed E-state index contributed by atoms with van der Waals surface area (Å²) in [5.41, 5.74) is 4.14. The normalized spacial score (nSPS) is 21.9. The van der Waals surface area contributed by atoms with E-state index in [0.717, 1.165) is 68.3 Å². The number of carbonyl (C=O) groups excluding carboxylic acids is 1. The van der Waals surface area contributed by atoms with Gasteiger partial charge in [0, 0.05) is 37.7 Å². The highest BCUT2D eigenvalue weighted by atomic mass is 16.6. The SMILES string of the molecule is C=C(C)[C@@H]1CCC(C)=C[C@H]1c1c(O)cc(CCCCC)cc1OC(=O)N1CCN(C)CC1. The average Bonchev–Trinajstić information content (AvgIpc) is 2.74. The van der Waals surface area contributed by atoms with Gasteiger partial charge in [0.1, 0.15) is 11.5 Å². The van der Waals surface area contributed by atoms with Gasteiger partial charge in [0.25, 0.3) is 0 Å². The summed E-state index contributed by atoms with van der Waals surface area (Å²) in [5.74, 6) is 0.905. The largest absolute Gasteiger partial charge is 0.507 e. The summed E-state index contributed by atoms with van der Waals surface area (Å²) in [6.07, 6.45) is 8.12. The third-order valence-electron chi connectivity index (χ3n) is 6.92. The summed E-state index contributed by atoms with van der Waals surface area (Å²) < 4.78 is 6.01. The molecule has 1 aromatic carbocycles. The zero-order chi connectivity index (χ0) is 23.3. The minimum absolute atomic E-state index is 0.0405. The van der Waals surface area contributed by atoms with Gasteiger partial charge in [0.2, 0.25) is 0 Å². The van der Waals surface area contributed by atoms with Crippen LogP contribution in [-0.4, -0.2) is 54.2 Å². The summed E-state index contributed by atoms with van der Waals surface area (Å²) in [6, 6.07) is 3.84. The topological polar surface area (TPSA) is 53.0 Å². The number of aromatic hydroxyl groups is 1. The Bertz CT molecular complexity index is 853. The van der Waals surface area contributed by atoms with Crippen molar-refractivity contribution in [3.63, 3.8) is 0 Å². The molecule has 0 bridgehead atoms. The number of carbonyl (C=O) groups is 1. The second-order valence-electron chi connectivity index (χ2n) is 9.67. The lowest BCUT2D eigenvalue weighted by Gasteiger charge is -2.34. The molecule has 0 unspecified atom stereocenters. The number of unbranched alkanes of at least 4 members (excludes halogenated alkanes) is 2. The average molecular weight is 441 g/mol. The van der Waals surface area contributed by atoms with Gasteiger partial charge in [-0.1, -0.05) is 43.6 Å². The van der Waals surface area contributed by atoms with Crippen LogP contribution in [0.1, 0.15) is 69.9 Å². The molecule has 0 aromatic heterocycles. The van der Waals surface area contributed by atoms with Crippen molar-refractivity contribution in [2.75, 3.05) is 33.2 Å². The highest BCUT2D eigenvalue weighted by molar-refractivity contribution is 5.72. The van der Waals surface area contributed by atoms with Gasteiger partial charge in [0.15, 0.2) is 0 Å². The van der Waals surface area contributed by atoms with Crippen LogP contribution in [0.15, 0.2) is 35.9 Å². The van der Waals surface area contributed by atoms with E-state index >= 15 is 0 Å². The highest BCUT2D eigenvalue weighted by Crippen LogP contribution is 2.47. The molecule has 1 N–H and O–H groups in total. The molecule has 0 radical (unpaired) electrons. The lowest BCUT2D eigenvalue weighted by atomic mass is 9.73. The number of amides is 1. The first-order chi connectivity index (χ1) is 15.3. The summed E-state index contributed by atoms with van der Waals surface area (Å²) in [6.45, 7) is 13.6. The Morgan fingerprint density at radius 2 is 1.94 bits per heavy atom. The van der Waals surface area contributed by atoms with Crippen molar-refractivity contribution in [3.8, 4) is 11.5 Å². The third kappa shape index (κ3) is 5.94. The van der Waals surface area contributed by atoms with Crippen molar-refractivity contribution >= 4 is 6.09 Å². The first-order valence-electron chi connectivity index (χ1n) is 12.1. The quantitative estimate of drug-likeness (QED) is 0.424. The van der Waals surface area contributed by atoms with Crippen molar-refractivity contribution in [2.24, 2.45) is 5.92 Å². The molecule has 0 saturated carbocycles. The van der Waals surface area contributed by atoms with E-state index in [1.54, 1.807) is 4.90 Å². The van der Waals surface area contributed by atoms with Crippen molar-refractivity contribution in [2.45, 2.75) is 65.2 Å². The number of likely N-dealkylation sites (N-methyl/N-ethyl adjacent to an activating group) is 1. The minimum Gasteiger partial charge on any atom is -0.507 e. The van der Waals surface area contributed by atoms with E-state index in [0.29, 0.717) is 18.8 Å². The molecule has 1 aromatic rings. The number of aryl methyl sites for hydroxylation is 1. The Balaban J connectivity index is 1.96.